The van der Waals surface area contributed by atoms with E-state index in [1.54, 1.807) is 0 Å². The standard InChI is InChI=1S/C25H34F3N5O2/c26-25(27,28)20-11-4-3-10-19(20)22(31-16-6-1-2-7-16)15-21(30)24(35)33-18(12-13-29)14-23(34)32-17-8-5-9-17/h3-4,10-11,15-18,30-31H,1-2,5-9,12-14,29H2,(H,32,34)(H,33,35)/b22-15-,30-21?. The number of hydrogen-bond acceptors (Lipinski definition) is 5. The first kappa shape index (κ1) is 26.7. The van der Waals surface area contributed by atoms with Gasteiger partial charge in [0.2, 0.25) is 5.91 Å². The van der Waals surface area contributed by atoms with Gasteiger partial charge in [-0.2, -0.15) is 13.2 Å². The van der Waals surface area contributed by atoms with Crippen LogP contribution in [-0.4, -0.2) is 42.2 Å². The fourth-order valence-electron chi connectivity index (χ4n) is 4.41. The van der Waals surface area contributed by atoms with Crippen LogP contribution >= 0.6 is 0 Å². The fourth-order valence-corrected chi connectivity index (χ4v) is 4.41. The van der Waals surface area contributed by atoms with E-state index in [-0.39, 0.29) is 42.2 Å². The average molecular weight is 494 g/mol. The minimum atomic E-state index is -4.59. The number of rotatable bonds is 11. The van der Waals surface area contributed by atoms with E-state index in [4.69, 9.17) is 11.1 Å². The van der Waals surface area contributed by atoms with Gasteiger partial charge in [0.25, 0.3) is 5.91 Å². The Hall–Kier alpha value is -2.88. The predicted molar refractivity (Wildman–Crippen MR) is 129 cm³/mol. The molecule has 2 aliphatic rings. The van der Waals surface area contributed by atoms with E-state index in [1.807, 2.05) is 0 Å². The van der Waals surface area contributed by atoms with Crippen molar-refractivity contribution >= 4 is 23.2 Å². The Morgan fingerprint density at radius 2 is 1.69 bits per heavy atom. The van der Waals surface area contributed by atoms with Crippen molar-refractivity contribution in [2.24, 2.45) is 5.73 Å². The van der Waals surface area contributed by atoms with Crippen molar-refractivity contribution in [3.8, 4) is 0 Å². The maximum Gasteiger partial charge on any atom is 0.417 e. The largest absolute Gasteiger partial charge is 0.417 e. The average Bonchev–Trinajstić information content (AvgIpc) is 3.28. The summed E-state index contributed by atoms with van der Waals surface area (Å²) in [7, 11) is 0. The van der Waals surface area contributed by atoms with Crippen molar-refractivity contribution in [1.29, 1.82) is 5.41 Å². The maximum atomic E-state index is 13.7. The summed E-state index contributed by atoms with van der Waals surface area (Å²) in [6, 6.07) is 4.69. The third-order valence-corrected chi connectivity index (χ3v) is 6.52. The zero-order chi connectivity index (χ0) is 25.4. The molecule has 1 unspecified atom stereocenters. The van der Waals surface area contributed by atoms with E-state index >= 15 is 0 Å². The Morgan fingerprint density at radius 3 is 2.29 bits per heavy atom. The van der Waals surface area contributed by atoms with Gasteiger partial charge in [-0.25, -0.2) is 0 Å². The van der Waals surface area contributed by atoms with Gasteiger partial charge in [-0.15, -0.1) is 0 Å². The van der Waals surface area contributed by atoms with Crippen molar-refractivity contribution < 1.29 is 22.8 Å². The van der Waals surface area contributed by atoms with Crippen molar-refractivity contribution in [3.63, 3.8) is 0 Å². The van der Waals surface area contributed by atoms with E-state index in [1.165, 1.54) is 18.2 Å². The number of nitrogens with two attached hydrogens (primary N) is 1. The highest BCUT2D eigenvalue weighted by molar-refractivity contribution is 6.43. The lowest BCUT2D eigenvalue weighted by Gasteiger charge is -2.27. The molecular formula is C25H34F3N5O2. The van der Waals surface area contributed by atoms with Crippen molar-refractivity contribution in [1.82, 2.24) is 16.0 Å². The highest BCUT2D eigenvalue weighted by Gasteiger charge is 2.34. The second-order valence-corrected chi connectivity index (χ2v) is 9.29. The zero-order valence-corrected chi connectivity index (χ0v) is 19.7. The van der Waals surface area contributed by atoms with Gasteiger partial charge in [-0.05, 0) is 57.2 Å². The normalized spacial score (nSPS) is 18.0. The van der Waals surface area contributed by atoms with Crippen LogP contribution in [-0.2, 0) is 15.8 Å². The SMILES string of the molecule is N=C(/C=C(\NC1CCCC1)c1ccccc1C(F)(F)F)C(=O)NC(CCN)CC(=O)NC1CCC1. The molecule has 0 aromatic heterocycles. The Bertz CT molecular complexity index is 937. The van der Waals surface area contributed by atoms with E-state index in [9.17, 15) is 22.8 Å². The molecule has 1 atom stereocenters. The number of halogens is 3. The van der Waals surface area contributed by atoms with Crippen LogP contribution in [0, 0.1) is 5.41 Å². The molecule has 0 heterocycles. The fraction of sp³-hybridized carbons (Fsp3) is 0.560. The lowest BCUT2D eigenvalue weighted by atomic mass is 9.93. The predicted octanol–water partition coefficient (Wildman–Crippen LogP) is 3.49. The van der Waals surface area contributed by atoms with Crippen LogP contribution in [0.2, 0.25) is 0 Å². The molecule has 10 heteroatoms. The summed E-state index contributed by atoms with van der Waals surface area (Å²) in [5, 5.41) is 17.0. The van der Waals surface area contributed by atoms with Crippen LogP contribution in [0.1, 0.15) is 68.9 Å². The second kappa shape index (κ2) is 12.2. The number of alkyl halides is 3. The Morgan fingerprint density at radius 1 is 1.06 bits per heavy atom. The number of hydrogen-bond donors (Lipinski definition) is 5. The minimum absolute atomic E-state index is 0.0283. The third-order valence-electron chi connectivity index (χ3n) is 6.52. The topological polar surface area (TPSA) is 120 Å². The summed E-state index contributed by atoms with van der Waals surface area (Å²) < 4.78 is 41.0. The Labute approximate surface area is 203 Å². The van der Waals surface area contributed by atoms with Crippen LogP contribution in [0.15, 0.2) is 30.3 Å². The maximum absolute atomic E-state index is 13.7. The molecule has 2 fully saturated rings. The summed E-state index contributed by atoms with van der Waals surface area (Å²) in [6.45, 7) is 0.234. The first-order chi connectivity index (χ1) is 16.7. The Kier molecular flexibility index (Phi) is 9.31. The van der Waals surface area contributed by atoms with Gasteiger partial charge in [0.05, 0.1) is 5.56 Å². The molecule has 0 spiro atoms. The van der Waals surface area contributed by atoms with Gasteiger partial charge in [0, 0.05) is 35.8 Å². The molecule has 1 aromatic rings. The van der Waals surface area contributed by atoms with Crippen LogP contribution in [0.25, 0.3) is 5.70 Å². The monoisotopic (exact) mass is 493 g/mol. The minimum Gasteiger partial charge on any atom is -0.382 e. The summed E-state index contributed by atoms with van der Waals surface area (Å²) in [6.07, 6.45) is 3.41. The van der Waals surface area contributed by atoms with Gasteiger partial charge in [-0.3, -0.25) is 15.0 Å². The van der Waals surface area contributed by atoms with Crippen molar-refractivity contribution in [3.05, 3.63) is 41.5 Å². The molecule has 0 saturated heterocycles. The van der Waals surface area contributed by atoms with E-state index in [2.05, 4.69) is 16.0 Å². The van der Waals surface area contributed by atoms with Crippen LogP contribution < -0.4 is 21.7 Å². The molecule has 2 saturated carbocycles. The Balaban J connectivity index is 1.76. The van der Waals surface area contributed by atoms with Crippen LogP contribution in [0.3, 0.4) is 0 Å². The number of carbonyl (C=O) groups excluding carboxylic acids is 2. The summed E-state index contributed by atoms with van der Waals surface area (Å²) >= 11 is 0. The molecule has 2 aliphatic carbocycles. The molecule has 1 aromatic carbocycles. The third kappa shape index (κ3) is 7.81. The molecule has 3 rings (SSSR count). The number of amides is 2. The van der Waals surface area contributed by atoms with Crippen molar-refractivity contribution in [2.45, 2.75) is 82.1 Å². The molecule has 7 nitrogen and oxygen atoms in total. The molecule has 2 amide bonds. The molecular weight excluding hydrogens is 459 g/mol. The van der Waals surface area contributed by atoms with Gasteiger partial charge < -0.3 is 21.7 Å². The quantitative estimate of drug-likeness (QED) is 0.303. The number of nitrogens with one attached hydrogen (secondary N) is 4. The smallest absolute Gasteiger partial charge is 0.382 e. The first-order valence-electron chi connectivity index (χ1n) is 12.2. The summed E-state index contributed by atoms with van der Waals surface area (Å²) in [5.41, 5.74) is 4.28. The van der Waals surface area contributed by atoms with Gasteiger partial charge in [-0.1, -0.05) is 31.0 Å². The lowest BCUT2D eigenvalue weighted by Crippen LogP contribution is -2.45. The number of carbonyl (C=O) groups is 2. The van der Waals surface area contributed by atoms with E-state index in [0.717, 1.165) is 57.1 Å². The molecule has 192 valence electrons. The van der Waals surface area contributed by atoms with Gasteiger partial charge in [0.1, 0.15) is 5.71 Å². The first-order valence-corrected chi connectivity index (χ1v) is 12.2. The highest BCUT2D eigenvalue weighted by Crippen LogP contribution is 2.35. The van der Waals surface area contributed by atoms with Crippen molar-refractivity contribution in [2.75, 3.05) is 6.54 Å². The summed E-state index contributed by atoms with van der Waals surface area (Å²) in [4.78, 5) is 25.1. The molecule has 0 aliphatic heterocycles. The molecule has 6 N–H and O–H groups in total. The lowest BCUT2D eigenvalue weighted by molar-refractivity contribution is -0.137. The van der Waals surface area contributed by atoms with Gasteiger partial charge >= 0.3 is 6.18 Å². The van der Waals surface area contributed by atoms with E-state index in [0.29, 0.717) is 6.42 Å². The van der Waals surface area contributed by atoms with Gasteiger partial charge in [0.15, 0.2) is 0 Å². The molecule has 35 heavy (non-hydrogen) atoms. The van der Waals surface area contributed by atoms with Crippen LogP contribution in [0.4, 0.5) is 13.2 Å². The molecule has 0 bridgehead atoms. The second-order valence-electron chi connectivity index (χ2n) is 9.29. The van der Waals surface area contributed by atoms with Crippen LogP contribution in [0.5, 0.6) is 0 Å². The molecule has 0 radical (unpaired) electrons. The highest BCUT2D eigenvalue weighted by atomic mass is 19.4. The summed E-state index contributed by atoms with van der Waals surface area (Å²) in [5.74, 6) is -0.965. The number of benzene rings is 1. The zero-order valence-electron chi connectivity index (χ0n) is 19.7. The van der Waals surface area contributed by atoms with E-state index < -0.39 is 29.4 Å².